The minimum absolute atomic E-state index is 0.0284. The average Bonchev–Trinajstić information content (AvgIpc) is 3.32. The molecule has 0 atom stereocenters. The summed E-state index contributed by atoms with van der Waals surface area (Å²) in [5, 5.41) is 14.8. The summed E-state index contributed by atoms with van der Waals surface area (Å²) in [5.41, 5.74) is 1.77. The lowest BCUT2D eigenvalue weighted by molar-refractivity contribution is -0.384. The van der Waals surface area contributed by atoms with Gasteiger partial charge < -0.3 is 24.3 Å². The molecule has 1 aromatic heterocycles. The predicted molar refractivity (Wildman–Crippen MR) is 134 cm³/mol. The number of nitrogens with one attached hydrogen (secondary N) is 1. The number of thiocarbonyl (C=S) groups is 1. The number of methoxy groups -OCH3 is 2. The van der Waals surface area contributed by atoms with Gasteiger partial charge in [-0.2, -0.15) is 0 Å². The smallest absolute Gasteiger partial charge is 0.273 e. The standard InChI is InChI=1S/C24H27N5O4S/c1-32-20-6-3-17(4-7-20)16-28-14-11-25-23(28)18-9-12-27(13-10-18)24(34)26-21-8-5-19(29(30)31)15-22(21)33-2/h3-8,11,14-15,18H,9-10,12-13,16H2,1-2H3,(H,26,34). The van der Waals surface area contributed by atoms with Crippen LogP contribution in [0.4, 0.5) is 11.4 Å². The number of piperidine rings is 1. The van der Waals surface area contributed by atoms with Crippen LogP contribution in [0.1, 0.15) is 30.1 Å². The van der Waals surface area contributed by atoms with E-state index in [2.05, 4.69) is 31.9 Å². The second kappa shape index (κ2) is 10.5. The van der Waals surface area contributed by atoms with E-state index in [4.69, 9.17) is 21.7 Å². The lowest BCUT2D eigenvalue weighted by Crippen LogP contribution is -2.40. The van der Waals surface area contributed by atoms with Gasteiger partial charge in [0.05, 0.1) is 30.9 Å². The van der Waals surface area contributed by atoms with Gasteiger partial charge in [-0.15, -0.1) is 0 Å². The van der Waals surface area contributed by atoms with Gasteiger partial charge >= 0.3 is 0 Å². The molecule has 0 unspecified atom stereocenters. The molecule has 2 aromatic carbocycles. The number of nitro groups is 1. The summed E-state index contributed by atoms with van der Waals surface area (Å²) in [6, 6.07) is 12.5. The third-order valence-electron chi connectivity index (χ3n) is 6.04. The molecule has 1 fully saturated rings. The highest BCUT2D eigenvalue weighted by Gasteiger charge is 2.25. The van der Waals surface area contributed by atoms with Crippen LogP contribution in [0.2, 0.25) is 0 Å². The molecule has 1 N–H and O–H groups in total. The Morgan fingerprint density at radius 3 is 2.56 bits per heavy atom. The van der Waals surface area contributed by atoms with Crippen LogP contribution in [0.3, 0.4) is 0 Å². The van der Waals surface area contributed by atoms with Crippen molar-refractivity contribution in [3.05, 3.63) is 76.4 Å². The molecular formula is C24H27N5O4S. The molecule has 4 rings (SSSR count). The summed E-state index contributed by atoms with van der Waals surface area (Å²) in [6.07, 6.45) is 5.75. The molecule has 1 saturated heterocycles. The minimum Gasteiger partial charge on any atom is -0.497 e. The Hall–Kier alpha value is -3.66. The Balaban J connectivity index is 1.36. The summed E-state index contributed by atoms with van der Waals surface area (Å²) in [6.45, 7) is 2.35. The number of nitrogens with zero attached hydrogens (tertiary/aromatic N) is 4. The zero-order valence-corrected chi connectivity index (χ0v) is 20.0. The molecule has 2 heterocycles. The van der Waals surface area contributed by atoms with E-state index in [1.807, 2.05) is 24.5 Å². The summed E-state index contributed by atoms with van der Waals surface area (Å²) in [7, 11) is 3.14. The van der Waals surface area contributed by atoms with E-state index in [-0.39, 0.29) is 5.69 Å². The Labute approximate surface area is 203 Å². The third-order valence-corrected chi connectivity index (χ3v) is 6.40. The van der Waals surface area contributed by atoms with E-state index in [9.17, 15) is 10.1 Å². The summed E-state index contributed by atoms with van der Waals surface area (Å²) in [4.78, 5) is 17.3. The fourth-order valence-electron chi connectivity index (χ4n) is 4.17. The second-order valence-electron chi connectivity index (χ2n) is 8.09. The maximum absolute atomic E-state index is 11.0. The highest BCUT2D eigenvalue weighted by atomic mass is 32.1. The van der Waals surface area contributed by atoms with E-state index in [1.54, 1.807) is 13.2 Å². The first-order valence-corrected chi connectivity index (χ1v) is 11.4. The van der Waals surface area contributed by atoms with Gasteiger partial charge in [-0.05, 0) is 48.8 Å². The van der Waals surface area contributed by atoms with Crippen molar-refractivity contribution >= 4 is 28.7 Å². The van der Waals surface area contributed by atoms with Gasteiger partial charge in [0, 0.05) is 44.0 Å². The van der Waals surface area contributed by atoms with Gasteiger partial charge in [0.15, 0.2) is 5.11 Å². The van der Waals surface area contributed by atoms with Crippen LogP contribution in [0.15, 0.2) is 54.9 Å². The molecule has 1 aliphatic rings. The Kier molecular flexibility index (Phi) is 7.27. The first-order chi connectivity index (χ1) is 16.5. The van der Waals surface area contributed by atoms with Crippen molar-refractivity contribution in [1.29, 1.82) is 0 Å². The molecule has 0 saturated carbocycles. The second-order valence-corrected chi connectivity index (χ2v) is 8.48. The van der Waals surface area contributed by atoms with Crippen molar-refractivity contribution in [2.24, 2.45) is 0 Å². The number of likely N-dealkylation sites (tertiary alicyclic amines) is 1. The number of non-ortho nitro benzene ring substituents is 1. The summed E-state index contributed by atoms with van der Waals surface area (Å²) >= 11 is 5.61. The van der Waals surface area contributed by atoms with Crippen LogP contribution in [0.5, 0.6) is 11.5 Å². The molecule has 0 aliphatic carbocycles. The van der Waals surface area contributed by atoms with Crippen LogP contribution in [0, 0.1) is 10.1 Å². The highest BCUT2D eigenvalue weighted by molar-refractivity contribution is 7.80. The van der Waals surface area contributed by atoms with Crippen molar-refractivity contribution in [2.75, 3.05) is 32.6 Å². The maximum atomic E-state index is 11.0. The molecule has 0 radical (unpaired) electrons. The van der Waals surface area contributed by atoms with Gasteiger partial charge in [0.1, 0.15) is 17.3 Å². The van der Waals surface area contributed by atoms with Gasteiger partial charge in [0.2, 0.25) is 0 Å². The van der Waals surface area contributed by atoms with Crippen LogP contribution in [-0.4, -0.2) is 51.8 Å². The monoisotopic (exact) mass is 481 g/mol. The summed E-state index contributed by atoms with van der Waals surface area (Å²) in [5.74, 6) is 2.66. The Bertz CT molecular complexity index is 1160. The fraction of sp³-hybridized carbons (Fsp3) is 0.333. The number of rotatable bonds is 7. The van der Waals surface area contributed by atoms with Crippen LogP contribution in [0.25, 0.3) is 0 Å². The van der Waals surface area contributed by atoms with Gasteiger partial charge in [0.25, 0.3) is 5.69 Å². The Morgan fingerprint density at radius 1 is 1.18 bits per heavy atom. The van der Waals surface area contributed by atoms with E-state index < -0.39 is 4.92 Å². The Morgan fingerprint density at radius 2 is 1.91 bits per heavy atom. The molecule has 0 amide bonds. The average molecular weight is 482 g/mol. The molecule has 3 aromatic rings. The lowest BCUT2D eigenvalue weighted by Gasteiger charge is -2.34. The van der Waals surface area contributed by atoms with E-state index in [0.717, 1.165) is 44.0 Å². The number of ether oxygens (including phenoxy) is 2. The minimum atomic E-state index is -0.450. The lowest BCUT2D eigenvalue weighted by atomic mass is 9.96. The largest absolute Gasteiger partial charge is 0.497 e. The molecule has 34 heavy (non-hydrogen) atoms. The number of anilines is 1. The quantitative estimate of drug-likeness (QED) is 0.301. The molecular weight excluding hydrogens is 454 g/mol. The number of nitro benzene ring substituents is 1. The topological polar surface area (TPSA) is 94.7 Å². The maximum Gasteiger partial charge on any atom is 0.273 e. The normalized spacial score (nSPS) is 14.0. The molecule has 178 valence electrons. The van der Waals surface area contributed by atoms with Gasteiger partial charge in [-0.3, -0.25) is 10.1 Å². The number of hydrogen-bond donors (Lipinski definition) is 1. The van der Waals surface area contributed by atoms with Crippen molar-refractivity contribution in [3.63, 3.8) is 0 Å². The number of hydrogen-bond acceptors (Lipinski definition) is 6. The first kappa shape index (κ1) is 23.5. The van der Waals surface area contributed by atoms with Crippen LogP contribution in [-0.2, 0) is 6.54 Å². The van der Waals surface area contributed by atoms with Gasteiger partial charge in [-0.1, -0.05) is 12.1 Å². The van der Waals surface area contributed by atoms with Crippen molar-refractivity contribution in [1.82, 2.24) is 14.5 Å². The molecule has 9 nitrogen and oxygen atoms in total. The van der Waals surface area contributed by atoms with Crippen molar-refractivity contribution < 1.29 is 14.4 Å². The third kappa shape index (κ3) is 5.28. The zero-order valence-electron chi connectivity index (χ0n) is 19.1. The van der Waals surface area contributed by atoms with Crippen LogP contribution >= 0.6 is 12.2 Å². The number of imidazole rings is 1. The first-order valence-electron chi connectivity index (χ1n) is 11.0. The van der Waals surface area contributed by atoms with Crippen molar-refractivity contribution in [3.8, 4) is 11.5 Å². The molecule has 0 spiro atoms. The SMILES string of the molecule is COc1ccc(Cn2ccnc2C2CCN(C(=S)Nc3ccc([N+](=O)[O-])cc3OC)CC2)cc1. The van der Waals surface area contributed by atoms with Crippen LogP contribution < -0.4 is 14.8 Å². The number of aromatic nitrogens is 2. The van der Waals surface area contributed by atoms with E-state index in [0.29, 0.717) is 22.5 Å². The molecule has 1 aliphatic heterocycles. The highest BCUT2D eigenvalue weighted by Crippen LogP contribution is 2.31. The molecule has 0 bridgehead atoms. The van der Waals surface area contributed by atoms with Gasteiger partial charge in [-0.25, -0.2) is 4.98 Å². The zero-order chi connectivity index (χ0) is 24.1. The van der Waals surface area contributed by atoms with E-state index in [1.165, 1.54) is 24.8 Å². The molecule has 10 heteroatoms. The predicted octanol–water partition coefficient (Wildman–Crippen LogP) is 4.43. The summed E-state index contributed by atoms with van der Waals surface area (Å²) < 4.78 is 12.8. The van der Waals surface area contributed by atoms with E-state index >= 15 is 0 Å². The van der Waals surface area contributed by atoms with Crippen molar-refractivity contribution in [2.45, 2.75) is 25.3 Å². The fourth-order valence-corrected chi connectivity index (χ4v) is 4.47. The number of benzene rings is 2.